The first-order valence-corrected chi connectivity index (χ1v) is 11.6. The molecular weight excluding hydrogens is 429 g/mol. The highest BCUT2D eigenvalue weighted by atomic mass is 19.4. The smallest absolute Gasteiger partial charge is 0.376 e. The maximum Gasteiger partial charge on any atom is 0.421 e. The van der Waals surface area contributed by atoms with Crippen molar-refractivity contribution < 1.29 is 23.1 Å². The van der Waals surface area contributed by atoms with Crippen molar-refractivity contribution in [1.29, 1.82) is 0 Å². The fourth-order valence-electron chi connectivity index (χ4n) is 5.07. The summed E-state index contributed by atoms with van der Waals surface area (Å²) in [6, 6.07) is 15.7. The topological polar surface area (TPSA) is 66.6 Å². The molecule has 0 spiro atoms. The summed E-state index contributed by atoms with van der Waals surface area (Å²) in [6.07, 6.45) is 0.567. The minimum absolute atomic E-state index is 0.0825. The second-order valence-electron chi connectivity index (χ2n) is 9.67. The summed E-state index contributed by atoms with van der Waals surface area (Å²) in [7, 11) is 0. The Kier molecular flexibility index (Phi) is 6.31. The molecule has 4 rings (SSSR count). The van der Waals surface area contributed by atoms with Crippen LogP contribution in [0.1, 0.15) is 66.9 Å². The summed E-state index contributed by atoms with van der Waals surface area (Å²) in [5.74, 6) is -0.152. The van der Waals surface area contributed by atoms with E-state index in [4.69, 9.17) is 5.73 Å². The molecule has 1 amide bonds. The van der Waals surface area contributed by atoms with Crippen molar-refractivity contribution in [3.05, 3.63) is 71.3 Å². The zero-order valence-electron chi connectivity index (χ0n) is 18.8. The van der Waals surface area contributed by atoms with Crippen LogP contribution >= 0.6 is 0 Å². The normalized spacial score (nSPS) is 25.3. The molecule has 7 heteroatoms. The summed E-state index contributed by atoms with van der Waals surface area (Å²) in [5, 5.41) is 9.90. The molecule has 0 aliphatic heterocycles. The predicted octanol–water partition coefficient (Wildman–Crippen LogP) is 4.90. The van der Waals surface area contributed by atoms with Crippen molar-refractivity contribution in [2.45, 2.75) is 74.7 Å². The van der Waals surface area contributed by atoms with Crippen molar-refractivity contribution in [3.63, 3.8) is 0 Å². The largest absolute Gasteiger partial charge is 0.421 e. The van der Waals surface area contributed by atoms with Gasteiger partial charge in [0.25, 0.3) is 5.91 Å². The van der Waals surface area contributed by atoms with Crippen molar-refractivity contribution in [1.82, 2.24) is 4.90 Å². The number of nitrogens with two attached hydrogens (primary N) is 1. The van der Waals surface area contributed by atoms with E-state index in [1.54, 1.807) is 0 Å². The highest BCUT2D eigenvalue weighted by molar-refractivity contribution is 5.95. The van der Waals surface area contributed by atoms with Gasteiger partial charge in [-0.15, -0.1) is 0 Å². The number of halogens is 3. The molecule has 178 valence electrons. The van der Waals surface area contributed by atoms with E-state index in [0.717, 1.165) is 45.4 Å². The van der Waals surface area contributed by atoms with Crippen LogP contribution in [0.15, 0.2) is 54.6 Å². The summed E-state index contributed by atoms with van der Waals surface area (Å²) in [6.45, 7) is 1.28. The number of carbonyl (C=O) groups excluding carboxylic acids is 1. The molecule has 2 aliphatic rings. The van der Waals surface area contributed by atoms with Gasteiger partial charge in [-0.1, -0.05) is 42.5 Å². The van der Waals surface area contributed by atoms with Crippen LogP contribution in [0.25, 0.3) is 0 Å². The van der Waals surface area contributed by atoms with Gasteiger partial charge < -0.3 is 15.7 Å². The molecule has 0 aromatic heterocycles. The Morgan fingerprint density at radius 3 is 2.03 bits per heavy atom. The van der Waals surface area contributed by atoms with E-state index >= 15 is 0 Å². The number of hydrogen-bond acceptors (Lipinski definition) is 3. The highest BCUT2D eigenvalue weighted by Crippen LogP contribution is 2.43. The van der Waals surface area contributed by atoms with E-state index in [-0.39, 0.29) is 29.0 Å². The van der Waals surface area contributed by atoms with E-state index in [0.29, 0.717) is 12.1 Å². The fraction of sp³-hybridized carbons (Fsp3) is 0.500. The Morgan fingerprint density at radius 1 is 1.00 bits per heavy atom. The van der Waals surface area contributed by atoms with Crippen LogP contribution in [0, 0.1) is 0 Å². The zero-order chi connectivity index (χ0) is 23.9. The van der Waals surface area contributed by atoms with Gasteiger partial charge in [0.1, 0.15) is 0 Å². The third-order valence-electron chi connectivity index (χ3n) is 7.50. The quantitative estimate of drug-likeness (QED) is 0.644. The second kappa shape index (κ2) is 8.76. The van der Waals surface area contributed by atoms with Gasteiger partial charge in [0, 0.05) is 29.6 Å². The summed E-state index contributed by atoms with van der Waals surface area (Å²) in [5.41, 5.74) is 4.48. The Bertz CT molecular complexity index is 961. The van der Waals surface area contributed by atoms with Gasteiger partial charge in [-0.05, 0) is 68.7 Å². The molecular formula is C26H31F3N2O2. The van der Waals surface area contributed by atoms with Gasteiger partial charge in [0.15, 0.2) is 5.60 Å². The lowest BCUT2D eigenvalue weighted by molar-refractivity contribution is -0.258. The molecule has 2 aromatic carbocycles. The maximum atomic E-state index is 13.4. The van der Waals surface area contributed by atoms with Gasteiger partial charge in [-0.3, -0.25) is 4.79 Å². The number of hydrogen-bond donors (Lipinski definition) is 2. The standard InChI is InChI=1S/C26H31F3N2O2/c1-24(33,26(27,28)29)19-9-7-18(8-10-19)23(32)31(21-11-12-21)22-13-15-25(17-30,16-14-22)20-5-3-2-4-6-20/h2-10,21-22,33H,11-17,30H2,1H3/t22-,24-,25+/m0/s1. The molecule has 0 unspecified atom stereocenters. The van der Waals surface area contributed by atoms with Gasteiger partial charge in [-0.2, -0.15) is 13.2 Å². The third-order valence-corrected chi connectivity index (χ3v) is 7.50. The van der Waals surface area contributed by atoms with Gasteiger partial charge in [0.2, 0.25) is 0 Å². The Hall–Kier alpha value is -2.38. The van der Waals surface area contributed by atoms with Gasteiger partial charge >= 0.3 is 6.18 Å². The molecule has 2 saturated carbocycles. The number of aliphatic hydroxyl groups is 1. The molecule has 2 fully saturated rings. The lowest BCUT2D eigenvalue weighted by Crippen LogP contribution is -2.48. The fourth-order valence-corrected chi connectivity index (χ4v) is 5.07. The first-order valence-electron chi connectivity index (χ1n) is 11.6. The molecule has 4 nitrogen and oxygen atoms in total. The number of nitrogens with zero attached hydrogens (tertiary/aromatic N) is 1. The zero-order valence-corrected chi connectivity index (χ0v) is 18.8. The van der Waals surface area contributed by atoms with E-state index in [2.05, 4.69) is 12.1 Å². The number of rotatable bonds is 6. The van der Waals surface area contributed by atoms with E-state index in [1.807, 2.05) is 23.1 Å². The molecule has 2 aromatic rings. The lowest BCUT2D eigenvalue weighted by Gasteiger charge is -2.44. The lowest BCUT2D eigenvalue weighted by atomic mass is 9.68. The van der Waals surface area contributed by atoms with Crippen molar-refractivity contribution >= 4 is 5.91 Å². The van der Waals surface area contributed by atoms with Crippen LogP contribution in [0.3, 0.4) is 0 Å². The monoisotopic (exact) mass is 460 g/mol. The SMILES string of the molecule is C[C@](O)(c1ccc(C(=O)N(C2CC2)[C@H]2CC[C@@](CN)(c3ccccc3)CC2)cc1)C(F)(F)F. The van der Waals surface area contributed by atoms with E-state index in [1.165, 1.54) is 29.8 Å². The van der Waals surface area contributed by atoms with Crippen LogP contribution in [0.4, 0.5) is 13.2 Å². The molecule has 3 N–H and O–H groups in total. The maximum absolute atomic E-state index is 13.4. The number of benzene rings is 2. The molecule has 2 aliphatic carbocycles. The number of alkyl halides is 3. The molecule has 0 radical (unpaired) electrons. The Balaban J connectivity index is 1.50. The Morgan fingerprint density at radius 2 is 1.55 bits per heavy atom. The van der Waals surface area contributed by atoms with Crippen LogP contribution in [-0.2, 0) is 11.0 Å². The van der Waals surface area contributed by atoms with Crippen LogP contribution in [0.2, 0.25) is 0 Å². The average molecular weight is 461 g/mol. The first-order chi connectivity index (χ1) is 15.6. The summed E-state index contributed by atoms with van der Waals surface area (Å²) in [4.78, 5) is 15.3. The van der Waals surface area contributed by atoms with Crippen molar-refractivity contribution in [2.75, 3.05) is 6.54 Å². The molecule has 33 heavy (non-hydrogen) atoms. The third kappa shape index (κ3) is 4.53. The van der Waals surface area contributed by atoms with Crippen LogP contribution < -0.4 is 5.73 Å². The minimum Gasteiger partial charge on any atom is -0.376 e. The van der Waals surface area contributed by atoms with Crippen molar-refractivity contribution in [3.8, 4) is 0 Å². The number of carbonyl (C=O) groups is 1. The molecule has 1 atom stereocenters. The van der Waals surface area contributed by atoms with E-state index < -0.39 is 11.8 Å². The number of amides is 1. The summed E-state index contributed by atoms with van der Waals surface area (Å²) < 4.78 is 39.4. The molecule has 0 saturated heterocycles. The Labute approximate surface area is 192 Å². The van der Waals surface area contributed by atoms with Crippen LogP contribution in [0.5, 0.6) is 0 Å². The highest BCUT2D eigenvalue weighted by Gasteiger charge is 2.51. The van der Waals surface area contributed by atoms with Gasteiger partial charge in [-0.25, -0.2) is 0 Å². The summed E-state index contributed by atoms with van der Waals surface area (Å²) >= 11 is 0. The van der Waals surface area contributed by atoms with Gasteiger partial charge in [0.05, 0.1) is 0 Å². The average Bonchev–Trinajstić information content (AvgIpc) is 3.65. The molecule has 0 bridgehead atoms. The minimum atomic E-state index is -4.80. The molecule has 0 heterocycles. The second-order valence-corrected chi connectivity index (χ2v) is 9.67. The predicted molar refractivity (Wildman–Crippen MR) is 121 cm³/mol. The van der Waals surface area contributed by atoms with E-state index in [9.17, 15) is 23.1 Å². The van der Waals surface area contributed by atoms with Crippen molar-refractivity contribution in [2.24, 2.45) is 5.73 Å². The van der Waals surface area contributed by atoms with Crippen LogP contribution in [-0.4, -0.2) is 40.7 Å². The first kappa shape index (κ1) is 23.8.